The predicted octanol–water partition coefficient (Wildman–Crippen LogP) is 2.64. The Labute approximate surface area is 152 Å². The number of nitrogens with zero attached hydrogens (tertiary/aromatic N) is 2. The Hall–Kier alpha value is -3.12. The van der Waals surface area contributed by atoms with Crippen LogP contribution in [0.3, 0.4) is 0 Å². The normalized spacial score (nSPS) is 10.8. The van der Waals surface area contributed by atoms with Crippen LogP contribution in [-0.4, -0.2) is 15.7 Å². The van der Waals surface area contributed by atoms with E-state index in [1.807, 2.05) is 61.5 Å². The highest BCUT2D eigenvalue weighted by Crippen LogP contribution is 2.19. The fraction of sp³-hybridized carbons (Fsp3) is 0.200. The Morgan fingerprint density at radius 2 is 1.73 bits per heavy atom. The number of primary amides is 1. The highest BCUT2D eigenvalue weighted by molar-refractivity contribution is 5.98. The van der Waals surface area contributed by atoms with Gasteiger partial charge in [0.25, 0.3) is 5.91 Å². The van der Waals surface area contributed by atoms with Crippen LogP contribution in [0.1, 0.15) is 32.7 Å². The molecule has 0 fully saturated rings. The van der Waals surface area contributed by atoms with E-state index >= 15 is 0 Å². The van der Waals surface area contributed by atoms with Gasteiger partial charge in [-0.1, -0.05) is 60.2 Å². The molecule has 6 nitrogen and oxygen atoms in total. The van der Waals surface area contributed by atoms with Crippen molar-refractivity contribution in [3.63, 3.8) is 0 Å². The minimum atomic E-state index is -0.601. The van der Waals surface area contributed by atoms with Crippen molar-refractivity contribution in [2.24, 2.45) is 5.73 Å². The third-order valence-electron chi connectivity index (χ3n) is 4.11. The molecule has 3 aromatic rings. The van der Waals surface area contributed by atoms with Crippen LogP contribution in [-0.2, 0) is 24.5 Å². The Kier molecular flexibility index (Phi) is 5.34. The summed E-state index contributed by atoms with van der Waals surface area (Å²) in [6, 6.07) is 17.8. The van der Waals surface area contributed by atoms with E-state index in [2.05, 4.69) is 5.10 Å². The lowest BCUT2D eigenvalue weighted by atomic mass is 10.1. The molecule has 0 aliphatic rings. The molecule has 1 aromatic heterocycles. The summed E-state index contributed by atoms with van der Waals surface area (Å²) in [5.41, 5.74) is 15.5. The van der Waals surface area contributed by atoms with Crippen LogP contribution in [0.15, 0.2) is 54.6 Å². The molecule has 0 saturated carbocycles. The largest absolute Gasteiger partial charge is 0.383 e. The number of carbonyl (C=O) groups is 1. The highest BCUT2D eigenvalue weighted by Gasteiger charge is 2.20. The Balaban J connectivity index is 1.76. The Bertz CT molecular complexity index is 886. The molecular formula is C20H22N4O2. The van der Waals surface area contributed by atoms with Gasteiger partial charge in [-0.2, -0.15) is 5.10 Å². The van der Waals surface area contributed by atoms with E-state index in [0.29, 0.717) is 18.8 Å². The minimum Gasteiger partial charge on any atom is -0.383 e. The van der Waals surface area contributed by atoms with E-state index in [1.165, 1.54) is 5.56 Å². The summed E-state index contributed by atoms with van der Waals surface area (Å²) in [6.45, 7) is 3.08. The monoisotopic (exact) mass is 350 g/mol. The van der Waals surface area contributed by atoms with Crippen LogP contribution in [0.2, 0.25) is 0 Å². The molecule has 6 heteroatoms. The smallest absolute Gasteiger partial charge is 0.254 e. The lowest BCUT2D eigenvalue weighted by molar-refractivity contribution is 0.0959. The third kappa shape index (κ3) is 4.10. The molecule has 4 N–H and O–H groups in total. The van der Waals surface area contributed by atoms with Crippen LogP contribution < -0.4 is 11.5 Å². The number of benzene rings is 2. The van der Waals surface area contributed by atoms with Gasteiger partial charge in [0, 0.05) is 0 Å². The summed E-state index contributed by atoms with van der Waals surface area (Å²) in [5, 5.41) is 4.45. The van der Waals surface area contributed by atoms with Crippen molar-refractivity contribution in [3.8, 4) is 0 Å². The van der Waals surface area contributed by atoms with Gasteiger partial charge in [-0.05, 0) is 18.1 Å². The fourth-order valence-electron chi connectivity index (χ4n) is 2.72. The molecule has 0 bridgehead atoms. The van der Waals surface area contributed by atoms with Gasteiger partial charge in [0.2, 0.25) is 0 Å². The average molecular weight is 350 g/mol. The van der Waals surface area contributed by atoms with Crippen molar-refractivity contribution in [1.29, 1.82) is 0 Å². The molecule has 0 unspecified atom stereocenters. The second kappa shape index (κ2) is 7.84. The number of hydrogen-bond donors (Lipinski definition) is 2. The van der Waals surface area contributed by atoms with E-state index < -0.39 is 5.91 Å². The SMILES string of the molecule is Cc1ccc(Cn2nc(COCc3ccccc3)c(C(N)=O)c2N)cc1. The molecule has 0 radical (unpaired) electrons. The van der Waals surface area contributed by atoms with Crippen molar-refractivity contribution in [3.05, 3.63) is 82.5 Å². The van der Waals surface area contributed by atoms with Gasteiger partial charge in [0.1, 0.15) is 17.1 Å². The average Bonchev–Trinajstić information content (AvgIpc) is 2.93. The summed E-state index contributed by atoms with van der Waals surface area (Å²) in [5.74, 6) is -0.340. The molecule has 0 aliphatic carbocycles. The number of aromatic nitrogens is 2. The van der Waals surface area contributed by atoms with Crippen LogP contribution >= 0.6 is 0 Å². The Morgan fingerprint density at radius 3 is 2.38 bits per heavy atom. The van der Waals surface area contributed by atoms with Gasteiger partial charge in [0.15, 0.2) is 0 Å². The zero-order valence-electron chi connectivity index (χ0n) is 14.7. The standard InChI is InChI=1S/C20H22N4O2/c1-14-7-9-15(10-8-14)11-24-19(21)18(20(22)25)17(23-24)13-26-12-16-5-3-2-4-6-16/h2-10H,11-13,21H2,1H3,(H2,22,25). The first-order chi connectivity index (χ1) is 12.5. The molecule has 0 atom stereocenters. The minimum absolute atomic E-state index is 0.165. The number of nitrogens with two attached hydrogens (primary N) is 2. The van der Waals surface area contributed by atoms with Crippen molar-refractivity contribution >= 4 is 11.7 Å². The first kappa shape index (κ1) is 17.7. The first-order valence-corrected chi connectivity index (χ1v) is 8.36. The van der Waals surface area contributed by atoms with Crippen LogP contribution in [0.25, 0.3) is 0 Å². The van der Waals surface area contributed by atoms with E-state index in [4.69, 9.17) is 16.2 Å². The van der Waals surface area contributed by atoms with Gasteiger partial charge >= 0.3 is 0 Å². The third-order valence-corrected chi connectivity index (χ3v) is 4.11. The van der Waals surface area contributed by atoms with Gasteiger partial charge in [-0.3, -0.25) is 4.79 Å². The molecule has 1 amide bonds. The molecular weight excluding hydrogens is 328 g/mol. The van der Waals surface area contributed by atoms with Crippen LogP contribution in [0, 0.1) is 6.92 Å². The molecule has 0 saturated heterocycles. The van der Waals surface area contributed by atoms with Gasteiger partial charge in [-0.15, -0.1) is 0 Å². The van der Waals surface area contributed by atoms with Crippen molar-refractivity contribution in [2.45, 2.75) is 26.7 Å². The topological polar surface area (TPSA) is 96.2 Å². The first-order valence-electron chi connectivity index (χ1n) is 8.36. The van der Waals surface area contributed by atoms with E-state index in [-0.39, 0.29) is 18.0 Å². The van der Waals surface area contributed by atoms with Gasteiger partial charge < -0.3 is 16.2 Å². The maximum Gasteiger partial charge on any atom is 0.254 e. The molecule has 134 valence electrons. The zero-order valence-corrected chi connectivity index (χ0v) is 14.7. The maximum absolute atomic E-state index is 11.8. The quantitative estimate of drug-likeness (QED) is 0.684. The van der Waals surface area contributed by atoms with Crippen LogP contribution in [0.5, 0.6) is 0 Å². The number of carbonyl (C=O) groups excluding carboxylic acids is 1. The van der Waals surface area contributed by atoms with E-state index in [0.717, 1.165) is 11.1 Å². The fourth-order valence-corrected chi connectivity index (χ4v) is 2.72. The summed E-state index contributed by atoms with van der Waals surface area (Å²) < 4.78 is 7.28. The molecule has 1 heterocycles. The number of anilines is 1. The number of ether oxygens (including phenoxy) is 1. The highest BCUT2D eigenvalue weighted by atomic mass is 16.5. The number of aryl methyl sites for hydroxylation is 1. The summed E-state index contributed by atoms with van der Waals surface area (Å²) in [7, 11) is 0. The lowest BCUT2D eigenvalue weighted by Gasteiger charge is -2.05. The number of rotatable bonds is 7. The molecule has 0 spiro atoms. The van der Waals surface area contributed by atoms with Gasteiger partial charge in [0.05, 0.1) is 19.8 Å². The molecule has 26 heavy (non-hydrogen) atoms. The summed E-state index contributed by atoms with van der Waals surface area (Å²) >= 11 is 0. The number of nitrogen functional groups attached to an aromatic ring is 1. The molecule has 0 aliphatic heterocycles. The maximum atomic E-state index is 11.8. The van der Waals surface area contributed by atoms with E-state index in [1.54, 1.807) is 4.68 Å². The van der Waals surface area contributed by atoms with Crippen LogP contribution in [0.4, 0.5) is 5.82 Å². The molecule has 3 rings (SSSR count). The second-order valence-electron chi connectivity index (χ2n) is 6.19. The Morgan fingerprint density at radius 1 is 1.04 bits per heavy atom. The van der Waals surface area contributed by atoms with Crippen molar-refractivity contribution in [1.82, 2.24) is 9.78 Å². The van der Waals surface area contributed by atoms with Crippen molar-refractivity contribution in [2.75, 3.05) is 5.73 Å². The van der Waals surface area contributed by atoms with Gasteiger partial charge in [-0.25, -0.2) is 4.68 Å². The molecule has 2 aromatic carbocycles. The predicted molar refractivity (Wildman–Crippen MR) is 100 cm³/mol. The number of amides is 1. The lowest BCUT2D eigenvalue weighted by Crippen LogP contribution is -2.15. The van der Waals surface area contributed by atoms with Crippen molar-refractivity contribution < 1.29 is 9.53 Å². The van der Waals surface area contributed by atoms with E-state index in [9.17, 15) is 4.79 Å². The summed E-state index contributed by atoms with van der Waals surface area (Å²) in [4.78, 5) is 11.8. The number of hydrogen-bond acceptors (Lipinski definition) is 4. The zero-order chi connectivity index (χ0) is 18.5. The second-order valence-corrected chi connectivity index (χ2v) is 6.19. The summed E-state index contributed by atoms with van der Waals surface area (Å²) in [6.07, 6.45) is 0.